The Labute approximate surface area is 232 Å². The first-order chi connectivity index (χ1) is 17.9. The van der Waals surface area contributed by atoms with Crippen molar-refractivity contribution in [2.24, 2.45) is 0 Å². The Morgan fingerprint density at radius 3 is 2.24 bits per heavy atom. The van der Waals surface area contributed by atoms with Crippen molar-refractivity contribution in [1.82, 2.24) is 14.5 Å². The van der Waals surface area contributed by atoms with E-state index in [1.165, 1.54) is 36.2 Å². The van der Waals surface area contributed by atoms with Gasteiger partial charge >= 0.3 is 0 Å². The number of benzene rings is 3. The van der Waals surface area contributed by atoms with Gasteiger partial charge in [0.15, 0.2) is 0 Å². The molecule has 3 aromatic carbocycles. The topological polar surface area (TPSA) is 86.8 Å². The van der Waals surface area contributed by atoms with E-state index in [2.05, 4.69) is 5.32 Å². The number of sulfonamides is 1. The van der Waals surface area contributed by atoms with Crippen molar-refractivity contribution in [3.63, 3.8) is 0 Å². The molecule has 2 amide bonds. The third kappa shape index (κ3) is 8.52. The van der Waals surface area contributed by atoms with Crippen LogP contribution >= 0.6 is 23.2 Å². The van der Waals surface area contributed by atoms with Crippen LogP contribution in [-0.2, 0) is 39.1 Å². The largest absolute Gasteiger partial charge is 0.350 e. The maximum Gasteiger partial charge on any atom is 0.243 e. The van der Waals surface area contributed by atoms with Crippen LogP contribution in [-0.4, -0.2) is 55.3 Å². The fraction of sp³-hybridized carbons (Fsp3) is 0.259. The van der Waals surface area contributed by atoms with E-state index < -0.39 is 40.2 Å². The molecule has 1 N–H and O–H groups in total. The lowest BCUT2D eigenvalue weighted by atomic mass is 10.0. The van der Waals surface area contributed by atoms with Crippen LogP contribution in [0.25, 0.3) is 0 Å². The van der Waals surface area contributed by atoms with Crippen LogP contribution in [0.1, 0.15) is 16.7 Å². The van der Waals surface area contributed by atoms with Gasteiger partial charge < -0.3 is 10.2 Å². The average Bonchev–Trinajstić information content (AvgIpc) is 2.86. The molecular weight excluding hydrogens is 552 g/mol. The number of hydrogen-bond acceptors (Lipinski definition) is 4. The molecule has 7 nitrogen and oxygen atoms in total. The predicted octanol–water partition coefficient (Wildman–Crippen LogP) is 4.28. The highest BCUT2D eigenvalue weighted by atomic mass is 35.5. The number of carbonyl (C=O) groups excluding carboxylic acids is 2. The standard InChI is InChI=1S/C27H28Cl2FN3O4S/c1-32(38(2,36)37)18-26(34)33(17-20-8-12-23(30)13-9-20)25(14-19-6-4-3-5-7-19)27(35)31-16-21-10-11-22(28)15-24(21)29/h3-13,15,25H,14,16-18H2,1-2H3,(H,31,35)/t25-/m1/s1. The molecule has 3 aromatic rings. The summed E-state index contributed by atoms with van der Waals surface area (Å²) in [4.78, 5) is 28.4. The number of rotatable bonds is 11. The molecule has 0 aliphatic rings. The molecule has 202 valence electrons. The van der Waals surface area contributed by atoms with Crippen molar-refractivity contribution in [1.29, 1.82) is 0 Å². The van der Waals surface area contributed by atoms with Gasteiger partial charge in [-0.15, -0.1) is 0 Å². The molecule has 0 unspecified atom stereocenters. The Kier molecular flexibility index (Phi) is 10.3. The van der Waals surface area contributed by atoms with Crippen LogP contribution in [0.3, 0.4) is 0 Å². The highest BCUT2D eigenvalue weighted by Crippen LogP contribution is 2.21. The minimum Gasteiger partial charge on any atom is -0.350 e. The summed E-state index contributed by atoms with van der Waals surface area (Å²) < 4.78 is 38.5. The van der Waals surface area contributed by atoms with Crippen LogP contribution in [0.2, 0.25) is 10.0 Å². The number of hydrogen-bond donors (Lipinski definition) is 1. The first-order valence-corrected chi connectivity index (χ1v) is 14.2. The summed E-state index contributed by atoms with van der Waals surface area (Å²) >= 11 is 12.2. The van der Waals surface area contributed by atoms with Crippen molar-refractivity contribution in [3.8, 4) is 0 Å². The monoisotopic (exact) mass is 579 g/mol. The van der Waals surface area contributed by atoms with E-state index in [0.29, 0.717) is 21.2 Å². The van der Waals surface area contributed by atoms with E-state index in [1.807, 2.05) is 30.3 Å². The molecule has 0 saturated heterocycles. The Morgan fingerprint density at radius 1 is 0.974 bits per heavy atom. The molecule has 0 spiro atoms. The Morgan fingerprint density at radius 2 is 1.63 bits per heavy atom. The van der Waals surface area contributed by atoms with Crippen molar-refractivity contribution < 1.29 is 22.4 Å². The zero-order valence-corrected chi connectivity index (χ0v) is 23.2. The summed E-state index contributed by atoms with van der Waals surface area (Å²) in [7, 11) is -2.37. The molecule has 0 aliphatic carbocycles. The zero-order chi connectivity index (χ0) is 27.9. The summed E-state index contributed by atoms with van der Waals surface area (Å²) in [5.41, 5.74) is 2.01. The minimum absolute atomic E-state index is 0.0384. The van der Waals surface area contributed by atoms with Crippen molar-refractivity contribution >= 4 is 45.0 Å². The van der Waals surface area contributed by atoms with Gasteiger partial charge in [0.25, 0.3) is 0 Å². The highest BCUT2D eigenvalue weighted by molar-refractivity contribution is 7.88. The van der Waals surface area contributed by atoms with Gasteiger partial charge in [-0.1, -0.05) is 71.7 Å². The average molecular weight is 581 g/mol. The van der Waals surface area contributed by atoms with Gasteiger partial charge in [0.05, 0.1) is 12.8 Å². The first-order valence-electron chi connectivity index (χ1n) is 11.6. The number of amides is 2. The molecule has 1 atom stereocenters. The summed E-state index contributed by atoms with van der Waals surface area (Å²) in [6.45, 7) is -0.424. The first kappa shape index (κ1) is 29.6. The van der Waals surface area contributed by atoms with E-state index in [0.717, 1.165) is 16.1 Å². The Bertz CT molecular complexity index is 1370. The third-order valence-corrected chi connectivity index (χ3v) is 7.78. The SMILES string of the molecule is CN(CC(=O)N(Cc1ccc(F)cc1)[C@H](Cc1ccccc1)C(=O)NCc1ccc(Cl)cc1Cl)S(C)(=O)=O. The maximum absolute atomic E-state index is 13.6. The lowest BCUT2D eigenvalue weighted by molar-refractivity contribution is -0.141. The number of nitrogens with zero attached hydrogens (tertiary/aromatic N) is 2. The summed E-state index contributed by atoms with van der Waals surface area (Å²) in [6.07, 6.45) is 1.16. The van der Waals surface area contributed by atoms with Gasteiger partial charge in [0.2, 0.25) is 21.8 Å². The van der Waals surface area contributed by atoms with Crippen LogP contribution in [0.15, 0.2) is 72.8 Å². The zero-order valence-electron chi connectivity index (χ0n) is 20.9. The number of halogens is 3. The fourth-order valence-electron chi connectivity index (χ4n) is 3.70. The predicted molar refractivity (Wildman–Crippen MR) is 147 cm³/mol. The molecular formula is C27H28Cl2FN3O4S. The quantitative estimate of drug-likeness (QED) is 0.367. The Balaban J connectivity index is 1.95. The van der Waals surface area contributed by atoms with Crippen molar-refractivity contribution in [3.05, 3.63) is 105 Å². The molecule has 0 radical (unpaired) electrons. The van der Waals surface area contributed by atoms with Crippen LogP contribution < -0.4 is 5.32 Å². The molecule has 0 fully saturated rings. The van der Waals surface area contributed by atoms with Crippen LogP contribution in [0.4, 0.5) is 4.39 Å². The van der Waals surface area contributed by atoms with E-state index in [1.54, 1.807) is 18.2 Å². The van der Waals surface area contributed by atoms with Crippen molar-refractivity contribution in [2.45, 2.75) is 25.6 Å². The van der Waals surface area contributed by atoms with Gasteiger partial charge in [-0.05, 0) is 41.0 Å². The second kappa shape index (κ2) is 13.2. The maximum atomic E-state index is 13.6. The molecule has 0 aromatic heterocycles. The molecule has 0 bridgehead atoms. The lowest BCUT2D eigenvalue weighted by Gasteiger charge is -2.32. The van der Waals surface area contributed by atoms with E-state index >= 15 is 0 Å². The second-order valence-corrected chi connectivity index (χ2v) is 11.8. The third-order valence-electron chi connectivity index (χ3n) is 5.93. The van der Waals surface area contributed by atoms with Gasteiger partial charge in [-0.3, -0.25) is 9.59 Å². The lowest BCUT2D eigenvalue weighted by Crippen LogP contribution is -2.52. The second-order valence-electron chi connectivity index (χ2n) is 8.83. The summed E-state index contributed by atoms with van der Waals surface area (Å²) in [5, 5.41) is 3.68. The normalized spacial score (nSPS) is 12.3. The Hall–Kier alpha value is -2.98. The van der Waals surface area contributed by atoms with Gasteiger partial charge in [-0.25, -0.2) is 12.8 Å². The number of likely N-dealkylation sites (N-methyl/N-ethyl adjacent to an activating group) is 1. The molecule has 11 heteroatoms. The summed E-state index contributed by atoms with van der Waals surface area (Å²) in [6, 6.07) is 18.6. The van der Waals surface area contributed by atoms with Crippen LogP contribution in [0, 0.1) is 5.82 Å². The number of carbonyl (C=O) groups is 2. The molecule has 0 aliphatic heterocycles. The smallest absolute Gasteiger partial charge is 0.243 e. The molecule has 38 heavy (non-hydrogen) atoms. The van der Waals surface area contributed by atoms with Crippen molar-refractivity contribution in [2.75, 3.05) is 19.8 Å². The van der Waals surface area contributed by atoms with E-state index in [4.69, 9.17) is 23.2 Å². The fourth-order valence-corrected chi connectivity index (χ4v) is 4.52. The van der Waals surface area contributed by atoms with Gasteiger partial charge in [0, 0.05) is 36.6 Å². The van der Waals surface area contributed by atoms with E-state index in [-0.39, 0.29) is 19.5 Å². The van der Waals surface area contributed by atoms with Gasteiger partial charge in [0.1, 0.15) is 11.9 Å². The van der Waals surface area contributed by atoms with Gasteiger partial charge in [-0.2, -0.15) is 4.31 Å². The molecule has 3 rings (SSSR count). The summed E-state index contributed by atoms with van der Waals surface area (Å²) in [5.74, 6) is -1.48. The minimum atomic E-state index is -3.66. The van der Waals surface area contributed by atoms with E-state index in [9.17, 15) is 22.4 Å². The highest BCUT2D eigenvalue weighted by Gasteiger charge is 2.32. The van der Waals surface area contributed by atoms with Crippen LogP contribution in [0.5, 0.6) is 0 Å². The number of nitrogens with one attached hydrogen (secondary N) is 1. The molecule has 0 saturated carbocycles. The molecule has 0 heterocycles.